The van der Waals surface area contributed by atoms with Gasteiger partial charge in [0, 0.05) is 12.2 Å². The highest BCUT2D eigenvalue weighted by atomic mass is 32.2. The average molecular weight is 267 g/mol. The molecular weight excluding hydrogens is 254 g/mol. The SMILES string of the molecule is CCNC(=O)CS(=O)c1nc2cc(N)ccc2o1. The summed E-state index contributed by atoms with van der Waals surface area (Å²) in [7, 11) is -1.58. The number of hydrogen-bond donors (Lipinski definition) is 2. The van der Waals surface area contributed by atoms with E-state index in [0.29, 0.717) is 23.3 Å². The second kappa shape index (κ2) is 5.18. The molecule has 0 bridgehead atoms. The van der Waals surface area contributed by atoms with Gasteiger partial charge in [-0.05, 0) is 25.1 Å². The predicted molar refractivity (Wildman–Crippen MR) is 68.4 cm³/mol. The van der Waals surface area contributed by atoms with Gasteiger partial charge in [-0.15, -0.1) is 0 Å². The minimum atomic E-state index is -1.58. The monoisotopic (exact) mass is 267 g/mol. The van der Waals surface area contributed by atoms with Crippen molar-refractivity contribution in [2.45, 2.75) is 12.1 Å². The minimum absolute atomic E-state index is 0.0434. The Morgan fingerprint density at radius 3 is 3.06 bits per heavy atom. The first-order chi connectivity index (χ1) is 8.60. The van der Waals surface area contributed by atoms with E-state index in [-0.39, 0.29) is 16.9 Å². The molecule has 1 heterocycles. The summed E-state index contributed by atoms with van der Waals surface area (Å²) in [6.07, 6.45) is 0. The highest BCUT2D eigenvalue weighted by Gasteiger charge is 2.16. The van der Waals surface area contributed by atoms with E-state index in [4.69, 9.17) is 10.2 Å². The smallest absolute Gasteiger partial charge is 0.288 e. The number of hydrogen-bond acceptors (Lipinski definition) is 5. The summed E-state index contributed by atoms with van der Waals surface area (Å²) in [6.45, 7) is 2.29. The fourth-order valence-electron chi connectivity index (χ4n) is 1.45. The summed E-state index contributed by atoms with van der Waals surface area (Å²) in [5, 5.41) is 2.61. The van der Waals surface area contributed by atoms with E-state index >= 15 is 0 Å². The number of oxazole rings is 1. The van der Waals surface area contributed by atoms with E-state index in [9.17, 15) is 9.00 Å². The summed E-state index contributed by atoms with van der Waals surface area (Å²) in [4.78, 5) is 15.4. The first kappa shape index (κ1) is 12.6. The average Bonchev–Trinajstić information content (AvgIpc) is 2.72. The van der Waals surface area contributed by atoms with Crippen LogP contribution in [0.25, 0.3) is 11.1 Å². The molecule has 0 saturated heterocycles. The van der Waals surface area contributed by atoms with Crippen molar-refractivity contribution in [3.8, 4) is 0 Å². The van der Waals surface area contributed by atoms with Gasteiger partial charge in [0.1, 0.15) is 22.1 Å². The lowest BCUT2D eigenvalue weighted by Gasteiger charge is -1.98. The highest BCUT2D eigenvalue weighted by Crippen LogP contribution is 2.20. The Balaban J connectivity index is 2.20. The number of carbonyl (C=O) groups excluding carboxylic acids is 1. The lowest BCUT2D eigenvalue weighted by Crippen LogP contribution is -2.27. The van der Waals surface area contributed by atoms with E-state index in [1.807, 2.05) is 0 Å². The number of rotatable bonds is 4. The third kappa shape index (κ3) is 2.67. The number of fused-ring (bicyclic) bond motifs is 1. The molecule has 0 aliphatic carbocycles. The first-order valence-electron chi connectivity index (χ1n) is 5.41. The van der Waals surface area contributed by atoms with Crippen LogP contribution in [-0.2, 0) is 15.6 Å². The fourth-order valence-corrected chi connectivity index (χ4v) is 2.30. The maximum atomic E-state index is 11.8. The third-order valence-corrected chi connectivity index (χ3v) is 3.31. The van der Waals surface area contributed by atoms with Crippen molar-refractivity contribution in [3.05, 3.63) is 18.2 Å². The van der Waals surface area contributed by atoms with Gasteiger partial charge in [-0.25, -0.2) is 9.19 Å². The Bertz CT molecular complexity index is 609. The molecule has 0 saturated carbocycles. The lowest BCUT2D eigenvalue weighted by atomic mass is 10.3. The minimum Gasteiger partial charge on any atom is -0.430 e. The molecule has 6 nitrogen and oxygen atoms in total. The first-order valence-corrected chi connectivity index (χ1v) is 6.73. The molecule has 0 fully saturated rings. The molecule has 1 atom stereocenters. The summed E-state index contributed by atoms with van der Waals surface area (Å²) >= 11 is 0. The van der Waals surface area contributed by atoms with Crippen LogP contribution >= 0.6 is 0 Å². The molecule has 18 heavy (non-hydrogen) atoms. The van der Waals surface area contributed by atoms with Crippen LogP contribution in [0.5, 0.6) is 0 Å². The number of benzene rings is 1. The van der Waals surface area contributed by atoms with Crippen molar-refractivity contribution in [2.24, 2.45) is 0 Å². The van der Waals surface area contributed by atoms with E-state index in [1.165, 1.54) is 0 Å². The van der Waals surface area contributed by atoms with E-state index in [0.717, 1.165) is 0 Å². The van der Waals surface area contributed by atoms with Gasteiger partial charge in [-0.1, -0.05) is 0 Å². The number of anilines is 1. The van der Waals surface area contributed by atoms with Gasteiger partial charge in [0.15, 0.2) is 5.58 Å². The number of carbonyl (C=O) groups is 1. The molecule has 1 unspecified atom stereocenters. The topological polar surface area (TPSA) is 98.2 Å². The van der Waals surface area contributed by atoms with E-state index < -0.39 is 10.8 Å². The molecule has 0 aliphatic heterocycles. The van der Waals surface area contributed by atoms with Crippen molar-refractivity contribution in [1.82, 2.24) is 10.3 Å². The molecular formula is C11H13N3O3S. The molecule has 1 aromatic carbocycles. The molecule has 1 aromatic heterocycles. The van der Waals surface area contributed by atoms with E-state index in [1.54, 1.807) is 25.1 Å². The lowest BCUT2D eigenvalue weighted by molar-refractivity contribution is -0.118. The van der Waals surface area contributed by atoms with Crippen LogP contribution in [-0.4, -0.2) is 27.4 Å². The number of amides is 1. The molecule has 96 valence electrons. The second-order valence-corrected chi connectivity index (χ2v) is 4.98. The van der Waals surface area contributed by atoms with Crippen molar-refractivity contribution in [3.63, 3.8) is 0 Å². The second-order valence-electron chi connectivity index (χ2n) is 3.65. The van der Waals surface area contributed by atoms with Gasteiger partial charge in [0.2, 0.25) is 5.91 Å². The van der Waals surface area contributed by atoms with Crippen LogP contribution < -0.4 is 11.1 Å². The maximum absolute atomic E-state index is 11.8. The number of nitrogen functional groups attached to an aromatic ring is 1. The number of nitrogens with two attached hydrogens (primary N) is 1. The number of nitrogens with zero attached hydrogens (tertiary/aromatic N) is 1. The zero-order valence-corrected chi connectivity index (χ0v) is 10.6. The summed E-state index contributed by atoms with van der Waals surface area (Å²) in [5.74, 6) is -0.450. The molecule has 3 N–H and O–H groups in total. The van der Waals surface area contributed by atoms with E-state index in [2.05, 4.69) is 10.3 Å². The highest BCUT2D eigenvalue weighted by molar-refractivity contribution is 7.85. The van der Waals surface area contributed by atoms with Crippen LogP contribution in [0.3, 0.4) is 0 Å². The Kier molecular flexibility index (Phi) is 3.61. The molecule has 1 amide bonds. The molecule has 0 radical (unpaired) electrons. The fraction of sp³-hybridized carbons (Fsp3) is 0.273. The van der Waals surface area contributed by atoms with Crippen LogP contribution in [0, 0.1) is 0 Å². The molecule has 2 aromatic rings. The van der Waals surface area contributed by atoms with Gasteiger partial charge in [-0.3, -0.25) is 4.79 Å². The Morgan fingerprint density at radius 1 is 1.56 bits per heavy atom. The van der Waals surface area contributed by atoms with Gasteiger partial charge in [0.25, 0.3) is 5.22 Å². The molecule has 0 spiro atoms. The molecule has 7 heteroatoms. The van der Waals surface area contributed by atoms with Gasteiger partial charge in [0.05, 0.1) is 0 Å². The largest absolute Gasteiger partial charge is 0.430 e. The number of nitrogens with one attached hydrogen (secondary N) is 1. The van der Waals surface area contributed by atoms with Crippen molar-refractivity contribution >= 4 is 33.5 Å². The van der Waals surface area contributed by atoms with Crippen molar-refractivity contribution < 1.29 is 13.4 Å². The number of aromatic nitrogens is 1. The van der Waals surface area contributed by atoms with Crippen LogP contribution in [0.1, 0.15) is 6.92 Å². The van der Waals surface area contributed by atoms with Gasteiger partial charge in [-0.2, -0.15) is 0 Å². The standard InChI is InChI=1S/C11H13N3O3S/c1-2-13-10(15)6-18(16)11-14-8-5-7(12)3-4-9(8)17-11/h3-5H,2,6,12H2,1H3,(H,13,15). The third-order valence-electron chi connectivity index (χ3n) is 2.22. The quantitative estimate of drug-likeness (QED) is 0.793. The zero-order chi connectivity index (χ0) is 13.1. The summed E-state index contributed by atoms with van der Waals surface area (Å²) in [5.41, 5.74) is 7.20. The summed E-state index contributed by atoms with van der Waals surface area (Å²) < 4.78 is 17.2. The van der Waals surface area contributed by atoms with Crippen molar-refractivity contribution in [1.29, 1.82) is 0 Å². The Morgan fingerprint density at radius 2 is 2.33 bits per heavy atom. The normalized spacial score (nSPS) is 12.5. The van der Waals surface area contributed by atoms with Crippen LogP contribution in [0.15, 0.2) is 27.8 Å². The predicted octanol–water partition coefficient (Wildman–Crippen LogP) is 0.654. The van der Waals surface area contributed by atoms with Crippen molar-refractivity contribution in [2.75, 3.05) is 18.0 Å². The van der Waals surface area contributed by atoms with Gasteiger partial charge < -0.3 is 15.5 Å². The zero-order valence-electron chi connectivity index (χ0n) is 9.80. The Labute approximate surface area is 106 Å². The van der Waals surface area contributed by atoms with Gasteiger partial charge >= 0.3 is 0 Å². The maximum Gasteiger partial charge on any atom is 0.288 e. The Hall–Kier alpha value is -1.89. The summed E-state index contributed by atoms with van der Waals surface area (Å²) in [6, 6.07) is 4.96. The van der Waals surface area contributed by atoms with Crippen LogP contribution in [0.2, 0.25) is 0 Å². The molecule has 2 rings (SSSR count). The molecule has 0 aliphatic rings. The van der Waals surface area contributed by atoms with Crippen LogP contribution in [0.4, 0.5) is 5.69 Å².